The van der Waals surface area contributed by atoms with Crippen LogP contribution in [-0.4, -0.2) is 46.7 Å². The molecular weight excluding hydrogens is 364 g/mol. The molecule has 2 aromatic heterocycles. The molecule has 0 spiro atoms. The Hall–Kier alpha value is -1.77. The summed E-state index contributed by atoms with van der Waals surface area (Å²) >= 11 is 1.63. The summed E-state index contributed by atoms with van der Waals surface area (Å²) in [7, 11) is 0. The highest BCUT2D eigenvalue weighted by Crippen LogP contribution is 2.35. The number of aliphatic hydroxyl groups excluding tert-OH is 1. The summed E-state index contributed by atoms with van der Waals surface area (Å²) in [5.41, 5.74) is 1.09. The van der Waals surface area contributed by atoms with Crippen LogP contribution >= 0.6 is 11.3 Å². The maximum Gasteiger partial charge on any atom is 0.259 e. The molecule has 7 nitrogen and oxygen atoms in total. The van der Waals surface area contributed by atoms with E-state index in [9.17, 15) is 14.7 Å². The molecule has 0 bridgehead atoms. The lowest BCUT2D eigenvalue weighted by Gasteiger charge is -2.17. The lowest BCUT2D eigenvalue weighted by Crippen LogP contribution is -2.34. The highest BCUT2D eigenvalue weighted by molar-refractivity contribution is 7.18. The number of carbonyl (C=O) groups excluding carboxylic acids is 1. The van der Waals surface area contributed by atoms with E-state index < -0.39 is 6.10 Å². The van der Waals surface area contributed by atoms with E-state index in [1.165, 1.54) is 10.4 Å². The van der Waals surface area contributed by atoms with Crippen molar-refractivity contribution in [3.05, 3.63) is 26.6 Å². The monoisotopic (exact) mass is 390 g/mol. The first-order valence-electron chi connectivity index (χ1n) is 9.70. The van der Waals surface area contributed by atoms with Crippen molar-refractivity contribution in [2.45, 2.75) is 45.1 Å². The van der Waals surface area contributed by atoms with Crippen molar-refractivity contribution in [3.8, 4) is 0 Å². The van der Waals surface area contributed by atoms with Crippen LogP contribution in [0.5, 0.6) is 0 Å². The number of aromatic amines is 1. The number of hydrogen-bond acceptors (Lipinski definition) is 6. The Morgan fingerprint density at radius 3 is 3.04 bits per heavy atom. The molecule has 3 unspecified atom stereocenters. The van der Waals surface area contributed by atoms with Gasteiger partial charge in [-0.1, -0.05) is 6.92 Å². The smallest absolute Gasteiger partial charge is 0.259 e. The number of aromatic nitrogens is 2. The van der Waals surface area contributed by atoms with E-state index in [0.717, 1.165) is 29.5 Å². The van der Waals surface area contributed by atoms with Gasteiger partial charge in [-0.2, -0.15) is 0 Å². The molecule has 1 aliphatic heterocycles. The number of amides is 1. The Balaban J connectivity index is 1.40. The molecule has 3 atom stereocenters. The fourth-order valence-corrected chi connectivity index (χ4v) is 5.41. The Morgan fingerprint density at radius 1 is 1.41 bits per heavy atom. The second-order valence-corrected chi connectivity index (χ2v) is 8.92. The summed E-state index contributed by atoms with van der Waals surface area (Å²) in [5, 5.41) is 16.5. The fraction of sp³-hybridized carbons (Fsp3) is 0.632. The van der Waals surface area contributed by atoms with Gasteiger partial charge in [0.25, 0.3) is 5.56 Å². The summed E-state index contributed by atoms with van der Waals surface area (Å²) in [6.45, 7) is 4.01. The third-order valence-electron chi connectivity index (χ3n) is 5.67. The van der Waals surface area contributed by atoms with Gasteiger partial charge in [-0.05, 0) is 30.7 Å². The van der Waals surface area contributed by atoms with Crippen molar-refractivity contribution in [2.24, 2.45) is 11.8 Å². The van der Waals surface area contributed by atoms with Crippen molar-refractivity contribution in [2.75, 3.05) is 19.6 Å². The van der Waals surface area contributed by atoms with Crippen molar-refractivity contribution >= 4 is 27.5 Å². The first kappa shape index (κ1) is 18.6. The average molecular weight is 391 g/mol. The molecule has 8 heteroatoms. The van der Waals surface area contributed by atoms with E-state index in [4.69, 9.17) is 0 Å². The predicted molar refractivity (Wildman–Crippen MR) is 105 cm³/mol. The van der Waals surface area contributed by atoms with Crippen molar-refractivity contribution < 1.29 is 9.90 Å². The lowest BCUT2D eigenvalue weighted by molar-refractivity contribution is -0.121. The van der Waals surface area contributed by atoms with Gasteiger partial charge >= 0.3 is 0 Å². The highest BCUT2D eigenvalue weighted by atomic mass is 32.1. The largest absolute Gasteiger partial charge is 0.391 e. The molecule has 146 valence electrons. The van der Waals surface area contributed by atoms with E-state index >= 15 is 0 Å². The normalized spacial score (nSPS) is 24.9. The number of nitrogens with zero attached hydrogens (tertiary/aromatic N) is 1. The quantitative estimate of drug-likeness (QED) is 0.602. The maximum atomic E-state index is 12.6. The highest BCUT2D eigenvalue weighted by Gasteiger charge is 2.25. The number of aliphatic hydroxyl groups is 1. The van der Waals surface area contributed by atoms with E-state index in [1.807, 2.05) is 0 Å². The van der Waals surface area contributed by atoms with Crippen LogP contribution in [0, 0.1) is 11.8 Å². The zero-order valence-corrected chi connectivity index (χ0v) is 16.3. The second-order valence-electron chi connectivity index (χ2n) is 7.83. The Labute approximate surface area is 161 Å². The number of hydrogen-bond donors (Lipinski definition) is 4. The third kappa shape index (κ3) is 3.93. The molecule has 1 amide bonds. The van der Waals surface area contributed by atoms with Crippen LogP contribution in [0.4, 0.5) is 0 Å². The summed E-state index contributed by atoms with van der Waals surface area (Å²) in [6, 6.07) is 0. The molecule has 1 saturated heterocycles. The number of fused-ring (bicyclic) bond motifs is 3. The number of β-amino-alcohol motifs (C(OH)–C–C–N with tert-alkyl or cyclic N) is 1. The minimum atomic E-state index is -0.404. The molecule has 27 heavy (non-hydrogen) atoms. The molecule has 0 radical (unpaired) electrons. The van der Waals surface area contributed by atoms with Crippen molar-refractivity contribution in [3.63, 3.8) is 0 Å². The summed E-state index contributed by atoms with van der Waals surface area (Å²) in [6.07, 6.45) is 3.36. The molecule has 4 N–H and O–H groups in total. The van der Waals surface area contributed by atoms with Gasteiger partial charge in [0.15, 0.2) is 0 Å². The Bertz CT molecular complexity index is 906. The average Bonchev–Trinajstić information content (AvgIpc) is 3.20. The van der Waals surface area contributed by atoms with Crippen LogP contribution in [0.3, 0.4) is 0 Å². The zero-order valence-electron chi connectivity index (χ0n) is 15.5. The molecule has 1 aliphatic carbocycles. The number of nitrogens with one attached hydrogen (secondary N) is 3. The van der Waals surface area contributed by atoms with Crippen molar-refractivity contribution in [1.82, 2.24) is 20.6 Å². The topological polar surface area (TPSA) is 107 Å². The van der Waals surface area contributed by atoms with Gasteiger partial charge in [0, 0.05) is 43.3 Å². The lowest BCUT2D eigenvalue weighted by atomic mass is 9.89. The van der Waals surface area contributed by atoms with Gasteiger partial charge in [-0.25, -0.2) is 4.98 Å². The molecule has 4 rings (SSSR count). The van der Waals surface area contributed by atoms with Gasteiger partial charge in [0.2, 0.25) is 5.91 Å². The number of aryl methyl sites for hydroxylation is 2. The van der Waals surface area contributed by atoms with Crippen LogP contribution < -0.4 is 16.2 Å². The Kier molecular flexibility index (Phi) is 5.29. The van der Waals surface area contributed by atoms with Gasteiger partial charge in [-0.3, -0.25) is 9.59 Å². The fourth-order valence-electron chi connectivity index (χ4n) is 4.00. The van der Waals surface area contributed by atoms with Crippen molar-refractivity contribution in [1.29, 1.82) is 0 Å². The third-order valence-corrected chi connectivity index (χ3v) is 6.82. The van der Waals surface area contributed by atoms with Crippen LogP contribution in [0.15, 0.2) is 4.79 Å². The molecule has 3 heterocycles. The molecule has 0 saturated carbocycles. The standard InChI is InChI=1S/C19H26N4O3S/c1-10-2-3-12-14(6-10)27-19-17(12)18(26)22-15(23-19)4-5-16(25)21-8-11-7-20-9-13(11)24/h10-11,13,20,24H,2-9H2,1H3,(H,21,25)(H,22,23,26). The summed E-state index contributed by atoms with van der Waals surface area (Å²) in [5.74, 6) is 1.19. The van der Waals surface area contributed by atoms with E-state index in [0.29, 0.717) is 37.8 Å². The second kappa shape index (κ2) is 7.69. The van der Waals surface area contributed by atoms with Crippen LogP contribution in [0.1, 0.15) is 36.0 Å². The van der Waals surface area contributed by atoms with Gasteiger partial charge in [0.05, 0.1) is 11.5 Å². The van der Waals surface area contributed by atoms with Crippen LogP contribution in [-0.2, 0) is 24.1 Å². The molecule has 2 aliphatic rings. The van der Waals surface area contributed by atoms with Crippen LogP contribution in [0.2, 0.25) is 0 Å². The first-order chi connectivity index (χ1) is 13.0. The van der Waals surface area contributed by atoms with Gasteiger partial charge in [-0.15, -0.1) is 11.3 Å². The number of H-pyrrole nitrogens is 1. The van der Waals surface area contributed by atoms with Gasteiger partial charge in [0.1, 0.15) is 10.7 Å². The summed E-state index contributed by atoms with van der Waals surface area (Å²) < 4.78 is 0. The zero-order chi connectivity index (χ0) is 19.0. The minimum Gasteiger partial charge on any atom is -0.391 e. The summed E-state index contributed by atoms with van der Waals surface area (Å²) in [4.78, 5) is 34.2. The van der Waals surface area contributed by atoms with Crippen LogP contribution in [0.25, 0.3) is 10.2 Å². The minimum absolute atomic E-state index is 0.0584. The first-order valence-corrected chi connectivity index (χ1v) is 10.5. The molecular formula is C19H26N4O3S. The van der Waals surface area contributed by atoms with E-state index in [-0.39, 0.29) is 23.8 Å². The molecule has 1 fully saturated rings. The van der Waals surface area contributed by atoms with Gasteiger partial charge < -0.3 is 20.7 Å². The number of rotatable bonds is 5. The maximum absolute atomic E-state index is 12.6. The molecule has 0 aromatic carbocycles. The number of carbonyl (C=O) groups is 1. The predicted octanol–water partition coefficient (Wildman–Crippen LogP) is 0.738. The van der Waals surface area contributed by atoms with E-state index in [2.05, 4.69) is 27.5 Å². The molecule has 2 aromatic rings. The van der Waals surface area contributed by atoms with E-state index in [1.54, 1.807) is 11.3 Å². The SMILES string of the molecule is CC1CCc2c(sc3nc(CCC(=O)NCC4CNCC4O)[nH]c(=O)c23)C1. The Morgan fingerprint density at radius 2 is 2.26 bits per heavy atom. The number of thiophene rings is 1.